The highest BCUT2D eigenvalue weighted by Crippen LogP contribution is 2.27. The van der Waals surface area contributed by atoms with Crippen molar-refractivity contribution in [1.29, 1.82) is 0 Å². The molecule has 0 saturated heterocycles. The molecule has 5 heteroatoms. The van der Waals surface area contributed by atoms with Crippen LogP contribution in [0.25, 0.3) is 0 Å². The van der Waals surface area contributed by atoms with Crippen molar-refractivity contribution >= 4 is 40.6 Å². The third-order valence-corrected chi connectivity index (χ3v) is 4.28. The van der Waals surface area contributed by atoms with E-state index in [2.05, 4.69) is 6.07 Å². The fraction of sp³-hybridized carbons (Fsp3) is 0.429. The van der Waals surface area contributed by atoms with E-state index in [4.69, 9.17) is 18.0 Å². The van der Waals surface area contributed by atoms with E-state index in [-0.39, 0.29) is 5.91 Å². The predicted octanol–water partition coefficient (Wildman–Crippen LogP) is 2.38. The molecule has 3 nitrogen and oxygen atoms in total. The molecule has 19 heavy (non-hydrogen) atoms. The van der Waals surface area contributed by atoms with Gasteiger partial charge < -0.3 is 10.6 Å². The molecule has 0 fully saturated rings. The summed E-state index contributed by atoms with van der Waals surface area (Å²) in [5, 5.41) is 0. The smallest absolute Gasteiger partial charge is 0.236 e. The Labute approximate surface area is 123 Å². The van der Waals surface area contributed by atoms with Gasteiger partial charge in [0.2, 0.25) is 5.91 Å². The van der Waals surface area contributed by atoms with E-state index in [1.807, 2.05) is 23.1 Å². The van der Waals surface area contributed by atoms with Crippen molar-refractivity contribution in [2.75, 3.05) is 23.0 Å². The van der Waals surface area contributed by atoms with Gasteiger partial charge in [0.1, 0.15) is 0 Å². The number of thioether (sulfide) groups is 1. The standard InChI is InChI=1S/C14H18N2OS2/c15-13(18)7-9-19-10-14(17)16-8-3-5-11-4-1-2-6-12(11)16/h1-2,4,6H,3,5,7-10H2,(H2,15,18). The molecule has 0 aromatic heterocycles. The Morgan fingerprint density at radius 3 is 3.00 bits per heavy atom. The number of nitrogens with zero attached hydrogens (tertiary/aromatic N) is 1. The number of anilines is 1. The number of fused-ring (bicyclic) bond motifs is 1. The van der Waals surface area contributed by atoms with Crippen LogP contribution in [0.5, 0.6) is 0 Å². The second kappa shape index (κ2) is 6.91. The molecule has 0 spiro atoms. The zero-order valence-electron chi connectivity index (χ0n) is 10.8. The monoisotopic (exact) mass is 294 g/mol. The van der Waals surface area contributed by atoms with Crippen LogP contribution in [-0.2, 0) is 11.2 Å². The second-order valence-electron chi connectivity index (χ2n) is 4.55. The molecule has 0 unspecified atom stereocenters. The normalized spacial score (nSPS) is 14.0. The van der Waals surface area contributed by atoms with Crippen LogP contribution in [0.15, 0.2) is 24.3 Å². The van der Waals surface area contributed by atoms with Crippen molar-refractivity contribution < 1.29 is 4.79 Å². The van der Waals surface area contributed by atoms with Gasteiger partial charge >= 0.3 is 0 Å². The van der Waals surface area contributed by atoms with E-state index in [0.29, 0.717) is 17.2 Å². The van der Waals surface area contributed by atoms with Gasteiger partial charge in [-0.2, -0.15) is 11.8 Å². The third-order valence-electron chi connectivity index (χ3n) is 3.13. The van der Waals surface area contributed by atoms with Gasteiger partial charge in [-0.3, -0.25) is 4.79 Å². The molecular formula is C14H18N2OS2. The van der Waals surface area contributed by atoms with E-state index >= 15 is 0 Å². The number of carbonyl (C=O) groups is 1. The molecule has 0 radical (unpaired) electrons. The molecule has 0 saturated carbocycles. The Hall–Kier alpha value is -1.07. The summed E-state index contributed by atoms with van der Waals surface area (Å²) in [5.74, 6) is 1.49. The quantitative estimate of drug-likeness (QED) is 0.669. The topological polar surface area (TPSA) is 46.3 Å². The summed E-state index contributed by atoms with van der Waals surface area (Å²) in [7, 11) is 0. The number of nitrogens with two attached hydrogens (primary N) is 1. The number of aryl methyl sites for hydroxylation is 1. The first kappa shape index (κ1) is 14.3. The first-order valence-electron chi connectivity index (χ1n) is 6.43. The van der Waals surface area contributed by atoms with Gasteiger partial charge in [-0.25, -0.2) is 0 Å². The predicted molar refractivity (Wildman–Crippen MR) is 85.8 cm³/mol. The van der Waals surface area contributed by atoms with Gasteiger partial charge in [-0.15, -0.1) is 0 Å². The number of benzene rings is 1. The van der Waals surface area contributed by atoms with E-state index < -0.39 is 0 Å². The van der Waals surface area contributed by atoms with Crippen molar-refractivity contribution in [1.82, 2.24) is 0 Å². The first-order valence-corrected chi connectivity index (χ1v) is 7.99. The lowest BCUT2D eigenvalue weighted by Gasteiger charge is -2.29. The summed E-state index contributed by atoms with van der Waals surface area (Å²) >= 11 is 6.42. The molecule has 1 aliphatic rings. The number of hydrogen-bond donors (Lipinski definition) is 1. The Kier molecular flexibility index (Phi) is 5.22. The average molecular weight is 294 g/mol. The molecule has 1 aromatic carbocycles. The molecule has 1 heterocycles. The zero-order chi connectivity index (χ0) is 13.7. The number of carbonyl (C=O) groups excluding carboxylic acids is 1. The number of amides is 1. The van der Waals surface area contributed by atoms with Gasteiger partial charge in [0, 0.05) is 24.4 Å². The SMILES string of the molecule is NC(=S)CCSCC(=O)N1CCCc2ccccc21. The highest BCUT2D eigenvalue weighted by molar-refractivity contribution is 8.00. The first-order chi connectivity index (χ1) is 9.18. The van der Waals surface area contributed by atoms with Gasteiger partial charge in [-0.1, -0.05) is 30.4 Å². The van der Waals surface area contributed by atoms with Gasteiger partial charge in [0.15, 0.2) is 0 Å². The summed E-state index contributed by atoms with van der Waals surface area (Å²) in [5.41, 5.74) is 7.79. The fourth-order valence-electron chi connectivity index (χ4n) is 2.20. The zero-order valence-corrected chi connectivity index (χ0v) is 12.4. The Balaban J connectivity index is 1.92. The number of thiocarbonyl (C=S) groups is 1. The second-order valence-corrected chi connectivity index (χ2v) is 6.18. The molecule has 0 atom stereocenters. The summed E-state index contributed by atoms with van der Waals surface area (Å²) in [6.07, 6.45) is 2.80. The van der Waals surface area contributed by atoms with Crippen molar-refractivity contribution in [3.8, 4) is 0 Å². The number of hydrogen-bond acceptors (Lipinski definition) is 3. The van der Waals surface area contributed by atoms with Crippen LogP contribution >= 0.6 is 24.0 Å². The van der Waals surface area contributed by atoms with Crippen molar-refractivity contribution in [3.63, 3.8) is 0 Å². The van der Waals surface area contributed by atoms with E-state index in [1.54, 1.807) is 11.8 Å². The molecule has 0 aliphatic carbocycles. The molecule has 1 aliphatic heterocycles. The maximum Gasteiger partial charge on any atom is 0.236 e. The Bertz CT molecular complexity index is 476. The van der Waals surface area contributed by atoms with Crippen molar-refractivity contribution in [2.45, 2.75) is 19.3 Å². The van der Waals surface area contributed by atoms with E-state index in [9.17, 15) is 4.79 Å². The lowest BCUT2D eigenvalue weighted by Crippen LogP contribution is -2.36. The minimum absolute atomic E-state index is 0.181. The largest absolute Gasteiger partial charge is 0.393 e. The van der Waals surface area contributed by atoms with Crippen LogP contribution in [0.3, 0.4) is 0 Å². The van der Waals surface area contributed by atoms with Gasteiger partial charge in [-0.05, 0) is 24.5 Å². The molecule has 1 amide bonds. The van der Waals surface area contributed by atoms with Crippen LogP contribution in [-0.4, -0.2) is 28.9 Å². The van der Waals surface area contributed by atoms with Crippen LogP contribution in [0.4, 0.5) is 5.69 Å². The summed E-state index contributed by atoms with van der Waals surface area (Å²) in [6, 6.07) is 8.16. The summed E-state index contributed by atoms with van der Waals surface area (Å²) < 4.78 is 0. The highest BCUT2D eigenvalue weighted by atomic mass is 32.2. The third kappa shape index (κ3) is 3.94. The molecule has 102 valence electrons. The molecule has 2 rings (SSSR count). The highest BCUT2D eigenvalue weighted by Gasteiger charge is 2.21. The molecular weight excluding hydrogens is 276 g/mol. The fourth-order valence-corrected chi connectivity index (χ4v) is 3.27. The van der Waals surface area contributed by atoms with Crippen LogP contribution in [0.2, 0.25) is 0 Å². The summed E-state index contributed by atoms with van der Waals surface area (Å²) in [6.45, 7) is 0.825. The summed E-state index contributed by atoms with van der Waals surface area (Å²) in [4.78, 5) is 14.7. The Morgan fingerprint density at radius 2 is 2.21 bits per heavy atom. The Morgan fingerprint density at radius 1 is 1.42 bits per heavy atom. The lowest BCUT2D eigenvalue weighted by atomic mass is 10.0. The van der Waals surface area contributed by atoms with Gasteiger partial charge in [0.05, 0.1) is 10.7 Å². The minimum atomic E-state index is 0.181. The van der Waals surface area contributed by atoms with E-state index in [0.717, 1.165) is 30.8 Å². The number of rotatable bonds is 5. The van der Waals surface area contributed by atoms with Crippen LogP contribution < -0.4 is 10.6 Å². The average Bonchev–Trinajstić information content (AvgIpc) is 2.42. The maximum atomic E-state index is 12.2. The molecule has 2 N–H and O–H groups in total. The van der Waals surface area contributed by atoms with Crippen LogP contribution in [0.1, 0.15) is 18.4 Å². The number of para-hydroxylation sites is 1. The maximum absolute atomic E-state index is 12.2. The van der Waals surface area contributed by atoms with Crippen LogP contribution in [0, 0.1) is 0 Å². The lowest BCUT2D eigenvalue weighted by molar-refractivity contribution is -0.116. The van der Waals surface area contributed by atoms with Gasteiger partial charge in [0.25, 0.3) is 0 Å². The van der Waals surface area contributed by atoms with Crippen molar-refractivity contribution in [2.24, 2.45) is 5.73 Å². The minimum Gasteiger partial charge on any atom is -0.393 e. The van der Waals surface area contributed by atoms with E-state index in [1.165, 1.54) is 5.56 Å². The molecule has 1 aromatic rings. The van der Waals surface area contributed by atoms with Crippen molar-refractivity contribution in [3.05, 3.63) is 29.8 Å². The molecule has 0 bridgehead atoms.